The van der Waals surface area contributed by atoms with E-state index < -0.39 is 12.1 Å². The standard InChI is InChI=1S/C64H41N5P2S2/c72-70(49-14-3-1-4-15-49,51-31-33-65-34-32-51)53-25-20-46-35-48(40-66-60(46)39-53)45-22-27-56-57-28-21-43-12-9-10-18-55(43)63(57)64-68-59-29-23-47(38-62(59)69(64)61(56)37-45)58-30-26-54(41-67-58)71(73,50-16-5-2-6-17-50)52-24-19-42-11-7-8-13-44(42)36-52/h1-41H. The zero-order chi connectivity index (χ0) is 48.7. The predicted molar refractivity (Wildman–Crippen MR) is 317 cm³/mol. The van der Waals surface area contributed by atoms with Crippen LogP contribution >= 0.6 is 12.1 Å². The van der Waals surface area contributed by atoms with Gasteiger partial charge in [0, 0.05) is 69.5 Å². The Labute approximate surface area is 431 Å². The highest BCUT2D eigenvalue weighted by molar-refractivity contribution is 8.26. The Morgan fingerprint density at radius 3 is 1.74 bits per heavy atom. The van der Waals surface area contributed by atoms with Crippen LogP contribution in [-0.2, 0) is 23.6 Å². The third-order valence-electron chi connectivity index (χ3n) is 14.5. The number of hydrogen-bond donors (Lipinski definition) is 0. The lowest BCUT2D eigenvalue weighted by molar-refractivity contribution is 1.31. The van der Waals surface area contributed by atoms with Crippen LogP contribution < -0.4 is 31.8 Å². The first-order valence-electron chi connectivity index (χ1n) is 24.2. The number of benzene rings is 9. The minimum Gasteiger partial charge on any atom is -0.292 e. The van der Waals surface area contributed by atoms with E-state index in [4.69, 9.17) is 38.6 Å². The fourth-order valence-electron chi connectivity index (χ4n) is 10.8. The van der Waals surface area contributed by atoms with E-state index in [-0.39, 0.29) is 0 Å². The van der Waals surface area contributed by atoms with Crippen LogP contribution in [0.2, 0.25) is 0 Å². The van der Waals surface area contributed by atoms with Gasteiger partial charge in [0.2, 0.25) is 0 Å². The van der Waals surface area contributed by atoms with Crippen molar-refractivity contribution in [2.24, 2.45) is 0 Å². The Bertz CT molecular complexity index is 4580. The maximum Gasteiger partial charge on any atom is 0.147 e. The summed E-state index contributed by atoms with van der Waals surface area (Å²) in [5.74, 6) is 0. The molecule has 0 amide bonds. The van der Waals surface area contributed by atoms with Crippen molar-refractivity contribution in [3.8, 4) is 22.4 Å². The molecular weight excluding hydrogens is 965 g/mol. The number of aromatic nitrogens is 5. The van der Waals surface area contributed by atoms with Gasteiger partial charge in [-0.25, -0.2) is 4.98 Å². The summed E-state index contributed by atoms with van der Waals surface area (Å²) in [5.41, 5.74) is 8.77. The lowest BCUT2D eigenvalue weighted by atomic mass is 9.97. The van der Waals surface area contributed by atoms with Gasteiger partial charge in [0.05, 0.1) is 27.8 Å². The van der Waals surface area contributed by atoms with Crippen molar-refractivity contribution in [2.75, 3.05) is 0 Å². The van der Waals surface area contributed by atoms with E-state index in [1.165, 1.54) is 21.5 Å². The molecular formula is C64H41N5P2S2. The summed E-state index contributed by atoms with van der Waals surface area (Å²) in [7, 11) is 0. The molecule has 344 valence electrons. The number of pyridine rings is 4. The predicted octanol–water partition coefficient (Wildman–Crippen LogP) is 13.3. The van der Waals surface area contributed by atoms with Crippen LogP contribution in [0.1, 0.15) is 0 Å². The third-order valence-corrected chi connectivity index (χ3v) is 24.3. The second-order valence-corrected chi connectivity index (χ2v) is 27.4. The van der Waals surface area contributed by atoms with E-state index >= 15 is 0 Å². The fourth-order valence-corrected chi connectivity index (χ4v) is 18.1. The summed E-state index contributed by atoms with van der Waals surface area (Å²) in [6.07, 6.45) is 7.67. The normalized spacial score (nSPS) is 13.5. The van der Waals surface area contributed by atoms with Crippen LogP contribution in [0.5, 0.6) is 0 Å². The first-order valence-corrected chi connectivity index (χ1v) is 29.8. The second-order valence-electron chi connectivity index (χ2n) is 18.5. The Hall–Kier alpha value is -8.02. The van der Waals surface area contributed by atoms with Crippen LogP contribution in [0, 0.1) is 0 Å². The molecule has 0 aliphatic rings. The van der Waals surface area contributed by atoms with E-state index in [1.54, 1.807) is 0 Å². The minimum atomic E-state index is -2.45. The highest BCUT2D eigenvalue weighted by atomic mass is 32.4. The molecule has 0 aliphatic carbocycles. The molecule has 2 atom stereocenters. The van der Waals surface area contributed by atoms with Gasteiger partial charge in [-0.05, 0) is 120 Å². The molecule has 0 spiro atoms. The Kier molecular flexibility index (Phi) is 10.4. The van der Waals surface area contributed by atoms with E-state index in [0.717, 1.165) is 103 Å². The van der Waals surface area contributed by atoms with Crippen LogP contribution in [0.15, 0.2) is 249 Å². The van der Waals surface area contributed by atoms with Gasteiger partial charge in [-0.15, -0.1) is 0 Å². The highest BCUT2D eigenvalue weighted by Gasteiger charge is 2.27. The van der Waals surface area contributed by atoms with Crippen LogP contribution in [0.4, 0.5) is 0 Å². The fraction of sp³-hybridized carbons (Fsp3) is 0. The highest BCUT2D eigenvalue weighted by Crippen LogP contribution is 2.45. The van der Waals surface area contributed by atoms with Crippen LogP contribution in [0.25, 0.3) is 93.2 Å². The Morgan fingerprint density at radius 1 is 0.356 bits per heavy atom. The van der Waals surface area contributed by atoms with Gasteiger partial charge in [-0.2, -0.15) is 0 Å². The van der Waals surface area contributed by atoms with Crippen molar-refractivity contribution in [1.29, 1.82) is 0 Å². The molecule has 0 saturated heterocycles. The molecule has 5 aromatic heterocycles. The van der Waals surface area contributed by atoms with Gasteiger partial charge >= 0.3 is 0 Å². The summed E-state index contributed by atoms with van der Waals surface area (Å²) in [6, 6.07) is 75.0. The molecule has 14 rings (SSSR count). The summed E-state index contributed by atoms with van der Waals surface area (Å²) < 4.78 is 2.35. The molecule has 0 N–H and O–H groups in total. The van der Waals surface area contributed by atoms with Crippen LogP contribution in [0.3, 0.4) is 0 Å². The maximum absolute atomic E-state index is 6.82. The zero-order valence-corrected chi connectivity index (χ0v) is 42.5. The van der Waals surface area contributed by atoms with E-state index in [9.17, 15) is 0 Å². The SMILES string of the molecule is S=P(c1ccccc1)(c1ccc(-c2ccc3nc4c5c6ccccc6ccc5c5ccc(-c6cnc7cc(P(=S)(c8ccccc8)c8ccncc8)ccc7c6)cc5n4c3c2)nc1)c1ccc2ccccc2c1. The maximum atomic E-state index is 6.82. The van der Waals surface area contributed by atoms with Gasteiger partial charge in [0.15, 0.2) is 0 Å². The number of nitrogens with zero attached hydrogens (tertiary/aromatic N) is 5. The lowest BCUT2D eigenvalue weighted by Gasteiger charge is -2.24. The van der Waals surface area contributed by atoms with Crippen LogP contribution in [-0.4, -0.2) is 24.3 Å². The van der Waals surface area contributed by atoms with E-state index in [2.05, 4.69) is 228 Å². The summed E-state index contributed by atoms with van der Waals surface area (Å²) >= 11 is 13.5. The zero-order valence-electron chi connectivity index (χ0n) is 39.1. The first-order chi connectivity index (χ1) is 35.9. The topological polar surface area (TPSA) is 56.0 Å². The lowest BCUT2D eigenvalue weighted by Crippen LogP contribution is -2.25. The third kappa shape index (κ3) is 7.11. The van der Waals surface area contributed by atoms with Gasteiger partial charge in [0.1, 0.15) is 5.65 Å². The molecule has 0 aliphatic heterocycles. The molecule has 0 radical (unpaired) electrons. The summed E-state index contributed by atoms with van der Waals surface area (Å²) in [4.78, 5) is 20.1. The molecule has 9 heteroatoms. The number of imidazole rings is 1. The van der Waals surface area contributed by atoms with Gasteiger partial charge in [-0.3, -0.25) is 19.4 Å². The number of rotatable bonds is 8. The van der Waals surface area contributed by atoms with Crippen molar-refractivity contribution in [3.05, 3.63) is 249 Å². The largest absolute Gasteiger partial charge is 0.292 e. The molecule has 5 heterocycles. The van der Waals surface area contributed by atoms with Gasteiger partial charge < -0.3 is 0 Å². The second kappa shape index (κ2) is 17.3. The van der Waals surface area contributed by atoms with Crippen molar-refractivity contribution < 1.29 is 0 Å². The smallest absolute Gasteiger partial charge is 0.147 e. The van der Waals surface area contributed by atoms with Crippen molar-refractivity contribution >= 4 is 138 Å². The summed E-state index contributed by atoms with van der Waals surface area (Å²) in [6.45, 7) is 0. The molecule has 0 saturated carbocycles. The first kappa shape index (κ1) is 43.7. The molecule has 0 fully saturated rings. The summed E-state index contributed by atoms with van der Waals surface area (Å²) in [5, 5.41) is 15.9. The molecule has 73 heavy (non-hydrogen) atoms. The molecule has 0 bridgehead atoms. The average molecular weight is 1010 g/mol. The molecule has 9 aromatic carbocycles. The molecule has 14 aromatic rings. The number of fused-ring (bicyclic) bond motifs is 12. The van der Waals surface area contributed by atoms with E-state index in [0.29, 0.717) is 0 Å². The monoisotopic (exact) mass is 1010 g/mol. The Balaban J connectivity index is 0.909. The van der Waals surface area contributed by atoms with Crippen molar-refractivity contribution in [3.63, 3.8) is 0 Å². The van der Waals surface area contributed by atoms with E-state index in [1.807, 2.05) is 30.9 Å². The minimum absolute atomic E-state index is 0.871. The quantitative estimate of drug-likeness (QED) is 0.112. The van der Waals surface area contributed by atoms with Crippen molar-refractivity contribution in [1.82, 2.24) is 24.3 Å². The Morgan fingerprint density at radius 2 is 0.973 bits per heavy atom. The molecule has 5 nitrogen and oxygen atoms in total. The van der Waals surface area contributed by atoms with Gasteiger partial charge in [-0.1, -0.05) is 187 Å². The van der Waals surface area contributed by atoms with Crippen molar-refractivity contribution in [2.45, 2.75) is 0 Å². The van der Waals surface area contributed by atoms with Gasteiger partial charge in [0.25, 0.3) is 0 Å². The molecule has 2 unspecified atom stereocenters. The average Bonchev–Trinajstić information content (AvgIpc) is 3.86. The number of hydrogen-bond acceptors (Lipinski definition) is 6.